The maximum Gasteiger partial charge on any atom is 1.00 e. The third-order valence-corrected chi connectivity index (χ3v) is 4.17. The van der Waals surface area contributed by atoms with Gasteiger partial charge in [0.05, 0.1) is 6.61 Å². The van der Waals surface area contributed by atoms with E-state index < -0.39 is 13.3 Å². The van der Waals surface area contributed by atoms with Crippen molar-refractivity contribution in [3.8, 4) is 0 Å². The summed E-state index contributed by atoms with van der Waals surface area (Å²) in [5.41, 5.74) is -0.388. The van der Waals surface area contributed by atoms with E-state index in [-0.39, 0.29) is 69.6 Å². The molecule has 15 heavy (non-hydrogen) atoms. The van der Waals surface area contributed by atoms with Crippen LogP contribution in [0.25, 0.3) is 0 Å². The molecule has 1 aliphatic rings. The first-order valence-corrected chi connectivity index (χ1v) is 6.12. The predicted molar refractivity (Wildman–Crippen MR) is 65.7 cm³/mol. The molecule has 1 saturated heterocycles. The molecule has 86 valence electrons. The number of hydrogen-bond donors (Lipinski definition) is 0. The van der Waals surface area contributed by atoms with E-state index in [9.17, 15) is 9.46 Å². The van der Waals surface area contributed by atoms with Gasteiger partial charge in [-0.1, -0.05) is 20.8 Å². The van der Waals surface area contributed by atoms with Gasteiger partial charge in [-0.25, -0.2) is 0 Å². The first kappa shape index (κ1) is 19.2. The Morgan fingerprint density at radius 3 is 2.27 bits per heavy atom. The van der Waals surface area contributed by atoms with Crippen LogP contribution in [-0.4, -0.2) is 12.3 Å². The third-order valence-electron chi connectivity index (χ3n) is 2.24. The van der Waals surface area contributed by atoms with Crippen molar-refractivity contribution in [2.45, 2.75) is 32.9 Å². The summed E-state index contributed by atoms with van der Waals surface area (Å²) in [6.07, 6.45) is 0.627. The van der Waals surface area contributed by atoms with E-state index in [0.717, 1.165) is 0 Å². The topological polar surface area (TPSA) is 49.4 Å². The summed E-state index contributed by atoms with van der Waals surface area (Å²) in [5.74, 6) is -0.109. The van der Waals surface area contributed by atoms with Crippen LogP contribution in [-0.2, 0) is 36.8 Å². The zero-order valence-electron chi connectivity index (χ0n) is 9.56. The van der Waals surface area contributed by atoms with Crippen molar-refractivity contribution in [3.05, 3.63) is 6.92 Å². The molecule has 0 bridgehead atoms. The molecule has 3 nitrogen and oxygen atoms in total. The average molecular weight is 533 g/mol. The Labute approximate surface area is 130 Å². The molecule has 6 heteroatoms. The summed E-state index contributed by atoms with van der Waals surface area (Å²) in [6, 6.07) is 0. The number of hydrogen-bond acceptors (Lipinski definition) is 3. The average Bonchev–Trinajstić information content (AvgIpc) is 2.13. The zero-order valence-corrected chi connectivity index (χ0v) is 18.3. The molecule has 0 aromatic heterocycles. The second-order valence-corrected chi connectivity index (χ2v) is 6.93. The Balaban J connectivity index is 0. The monoisotopic (exact) mass is 534 g/mol. The molecule has 1 heterocycles. The van der Waals surface area contributed by atoms with Crippen molar-refractivity contribution in [1.82, 2.24) is 0 Å². The largest absolute Gasteiger partial charge is 1.00 e. The van der Waals surface area contributed by atoms with Crippen LogP contribution >= 0.6 is 31.6 Å². The van der Waals surface area contributed by atoms with Crippen molar-refractivity contribution in [3.63, 3.8) is 0 Å². The van der Waals surface area contributed by atoms with Crippen LogP contribution in [0.4, 0.5) is 0 Å². The molecule has 0 aromatic rings. The Morgan fingerprint density at radius 1 is 1.53 bits per heavy atom. The predicted octanol–water partition coefficient (Wildman–Crippen LogP) is 2.44. The second kappa shape index (κ2) is 6.67. The van der Waals surface area contributed by atoms with Gasteiger partial charge in [-0.05, 0) is 24.7 Å². The maximum absolute atomic E-state index is 11.4. The van der Waals surface area contributed by atoms with Gasteiger partial charge in [0.15, 0.2) is 0 Å². The van der Waals surface area contributed by atoms with E-state index in [2.05, 4.69) is 6.92 Å². The molecule has 0 spiro atoms. The standard InChI is InChI=1S/C9H18O3P.Hg.HI/c1-7-6-12-13(10,11)8(7)5-9(2,3)4;;/h7-8H,1,5-6H2,2-4H3,(H,10,11);;1H/q;+1;/p-1. The van der Waals surface area contributed by atoms with Crippen LogP contribution in [0.1, 0.15) is 27.2 Å². The van der Waals surface area contributed by atoms with Gasteiger partial charge in [0.1, 0.15) is 7.60 Å². The zero-order chi connectivity index (χ0) is 10.3. The van der Waals surface area contributed by atoms with Crippen molar-refractivity contribution >= 4 is 31.6 Å². The summed E-state index contributed by atoms with van der Waals surface area (Å²) in [7, 11) is -3.62. The summed E-state index contributed by atoms with van der Waals surface area (Å²) in [6.45, 7) is 10.1. The smallest absolute Gasteiger partial charge is 0.778 e. The van der Waals surface area contributed by atoms with Gasteiger partial charge >= 0.3 is 27.7 Å². The fraction of sp³-hybridized carbons (Fsp3) is 0.889. The maximum atomic E-state index is 11.4. The van der Waals surface area contributed by atoms with E-state index in [1.165, 1.54) is 0 Å². The Morgan fingerprint density at radius 2 is 2.00 bits per heavy atom. The van der Waals surface area contributed by atoms with Crippen molar-refractivity contribution < 1.29 is 41.7 Å². The first-order valence-electron chi connectivity index (χ1n) is 4.51. The van der Waals surface area contributed by atoms with Gasteiger partial charge in [0.25, 0.3) is 0 Å². The van der Waals surface area contributed by atoms with Gasteiger partial charge < -0.3 is 14.0 Å². The van der Waals surface area contributed by atoms with Gasteiger partial charge in [-0.3, -0.25) is 0 Å². The molecule has 0 aliphatic carbocycles. The van der Waals surface area contributed by atoms with Crippen LogP contribution < -0.4 is 4.89 Å². The SMILES string of the molecule is I.[CH2]C1COP(=O)([O-])C1CC(C)(C)C.[Hg+]. The molecule has 1 aliphatic heterocycles. The molecular weight excluding hydrogens is 515 g/mol. The summed E-state index contributed by atoms with van der Waals surface area (Å²) >= 11 is 0. The van der Waals surface area contributed by atoms with E-state index in [1.807, 2.05) is 20.8 Å². The molecule has 0 aromatic carbocycles. The molecule has 1 fully saturated rings. The summed E-state index contributed by atoms with van der Waals surface area (Å²) in [5, 5.41) is 0. The molecule has 1 rings (SSSR count). The molecular formula is C9H18HgIO3P. The molecule has 0 N–H and O–H groups in total. The van der Waals surface area contributed by atoms with Gasteiger partial charge in [0.2, 0.25) is 0 Å². The Hall–Kier alpha value is 1.82. The number of halogens is 1. The minimum absolute atomic E-state index is 0. The summed E-state index contributed by atoms with van der Waals surface area (Å²) < 4.78 is 16.2. The van der Waals surface area contributed by atoms with E-state index in [0.29, 0.717) is 6.42 Å². The minimum Gasteiger partial charge on any atom is -0.778 e. The molecule has 0 amide bonds. The molecule has 0 saturated carbocycles. The number of rotatable bonds is 1. The van der Waals surface area contributed by atoms with Crippen molar-refractivity contribution in [2.24, 2.45) is 11.3 Å². The second-order valence-electron chi connectivity index (χ2n) is 4.93. The van der Waals surface area contributed by atoms with Crippen LogP contribution in [0.5, 0.6) is 0 Å². The van der Waals surface area contributed by atoms with Crippen LogP contribution in [0.3, 0.4) is 0 Å². The molecule has 2 radical (unpaired) electrons. The summed E-state index contributed by atoms with van der Waals surface area (Å²) in [4.78, 5) is 11.4. The van der Waals surface area contributed by atoms with Crippen LogP contribution in [0.15, 0.2) is 0 Å². The fourth-order valence-corrected chi connectivity index (χ4v) is 3.54. The van der Waals surface area contributed by atoms with Crippen molar-refractivity contribution in [2.75, 3.05) is 6.61 Å². The van der Waals surface area contributed by atoms with E-state index in [4.69, 9.17) is 4.52 Å². The Bertz CT molecular complexity index is 242. The van der Waals surface area contributed by atoms with Gasteiger partial charge in [0, 0.05) is 5.66 Å². The molecule has 3 unspecified atom stereocenters. The van der Waals surface area contributed by atoms with E-state index >= 15 is 0 Å². The normalized spacial score (nSPS) is 35.5. The minimum atomic E-state index is -3.62. The van der Waals surface area contributed by atoms with Crippen molar-refractivity contribution in [1.29, 1.82) is 0 Å². The fourth-order valence-electron chi connectivity index (χ4n) is 1.57. The first-order chi connectivity index (χ1) is 5.72. The Kier molecular flexibility index (Phi) is 8.52. The van der Waals surface area contributed by atoms with Crippen LogP contribution in [0, 0.1) is 18.3 Å². The van der Waals surface area contributed by atoms with Crippen LogP contribution in [0.2, 0.25) is 0 Å². The molecule has 3 atom stereocenters. The third kappa shape index (κ3) is 5.80. The van der Waals surface area contributed by atoms with E-state index in [1.54, 1.807) is 0 Å². The van der Waals surface area contributed by atoms with Gasteiger partial charge in [-0.15, -0.1) is 24.0 Å². The quantitative estimate of drug-likeness (QED) is 0.296. The van der Waals surface area contributed by atoms with Gasteiger partial charge in [-0.2, -0.15) is 0 Å².